The molecule has 3 aromatic rings. The Balaban J connectivity index is 1.51. The molecule has 1 aliphatic rings. The first-order valence-electron chi connectivity index (χ1n) is 11.7. The van der Waals surface area contributed by atoms with Gasteiger partial charge in [-0.2, -0.15) is 0 Å². The van der Waals surface area contributed by atoms with Gasteiger partial charge >= 0.3 is 0 Å². The van der Waals surface area contributed by atoms with Crippen molar-refractivity contribution < 1.29 is 22.3 Å². The summed E-state index contributed by atoms with van der Waals surface area (Å²) in [6.45, 7) is 4.03. The molecule has 178 valence electrons. The number of rotatable bonds is 6. The van der Waals surface area contributed by atoms with Gasteiger partial charge in [0.1, 0.15) is 0 Å². The molecule has 1 heterocycles. The lowest BCUT2D eigenvalue weighted by Crippen LogP contribution is -2.21. The van der Waals surface area contributed by atoms with Crippen LogP contribution in [0.4, 0.5) is 17.6 Å². The van der Waals surface area contributed by atoms with Crippen LogP contribution in [0.25, 0.3) is 22.3 Å². The summed E-state index contributed by atoms with van der Waals surface area (Å²) in [5.41, 5.74) is 1.60. The minimum Gasteiger partial charge on any atom is -0.373 e. The van der Waals surface area contributed by atoms with E-state index in [1.165, 1.54) is 19.1 Å². The molecular weight excluding hydrogens is 440 g/mol. The van der Waals surface area contributed by atoms with Crippen molar-refractivity contribution in [3.8, 4) is 22.3 Å². The first-order chi connectivity index (χ1) is 16.4. The lowest BCUT2D eigenvalue weighted by Gasteiger charge is -2.29. The van der Waals surface area contributed by atoms with E-state index < -0.39 is 29.4 Å². The average Bonchev–Trinajstić information content (AvgIpc) is 2.85. The molecule has 0 spiro atoms. The maximum absolute atomic E-state index is 15.0. The van der Waals surface area contributed by atoms with Gasteiger partial charge in [-0.15, -0.1) is 0 Å². The number of hydrogen-bond acceptors (Lipinski definition) is 1. The Morgan fingerprint density at radius 1 is 0.794 bits per heavy atom. The Kier molecular flexibility index (Phi) is 7.52. The fourth-order valence-corrected chi connectivity index (χ4v) is 4.51. The van der Waals surface area contributed by atoms with Crippen LogP contribution in [-0.4, -0.2) is 6.61 Å². The summed E-state index contributed by atoms with van der Waals surface area (Å²) >= 11 is 0. The van der Waals surface area contributed by atoms with Gasteiger partial charge in [0.15, 0.2) is 23.3 Å². The number of halogens is 4. The molecule has 4 rings (SSSR count). The van der Waals surface area contributed by atoms with Gasteiger partial charge in [-0.05, 0) is 62.1 Å². The van der Waals surface area contributed by atoms with Gasteiger partial charge in [-0.3, -0.25) is 0 Å². The van der Waals surface area contributed by atoms with Crippen molar-refractivity contribution in [1.29, 1.82) is 0 Å². The number of hydrogen-bond donors (Lipinski definition) is 0. The molecule has 5 heteroatoms. The second kappa shape index (κ2) is 10.6. The fourth-order valence-electron chi connectivity index (χ4n) is 4.51. The van der Waals surface area contributed by atoms with Crippen LogP contribution in [0.3, 0.4) is 0 Å². The van der Waals surface area contributed by atoms with Crippen molar-refractivity contribution in [3.63, 3.8) is 0 Å². The monoisotopic (exact) mass is 468 g/mol. The smallest absolute Gasteiger partial charge is 0.167 e. The quantitative estimate of drug-likeness (QED) is 0.260. The molecule has 0 saturated carbocycles. The molecule has 0 amide bonds. The van der Waals surface area contributed by atoms with Crippen molar-refractivity contribution in [2.24, 2.45) is 5.92 Å². The zero-order chi connectivity index (χ0) is 24.2. The van der Waals surface area contributed by atoms with E-state index in [4.69, 9.17) is 4.74 Å². The molecule has 34 heavy (non-hydrogen) atoms. The summed E-state index contributed by atoms with van der Waals surface area (Å²) in [4.78, 5) is 0. The standard InChI is InChI=1S/C29H28F4O/c1-3-4-5-6-19-8-16-25(34-17-19)24-15-14-23(28(32)29(24)33)21-11-9-20(10-12-21)22-13-7-18(2)26(30)27(22)31/h3-4,7,9-15,19,25H,5-6,8,16-17H2,1-2H3. The zero-order valence-corrected chi connectivity index (χ0v) is 19.4. The summed E-state index contributed by atoms with van der Waals surface area (Å²) in [6.07, 6.45) is 7.30. The van der Waals surface area contributed by atoms with E-state index in [-0.39, 0.29) is 22.3 Å². The highest BCUT2D eigenvalue weighted by Gasteiger charge is 2.27. The highest BCUT2D eigenvalue weighted by molar-refractivity contribution is 5.71. The summed E-state index contributed by atoms with van der Waals surface area (Å²) in [5.74, 6) is -3.21. The van der Waals surface area contributed by atoms with E-state index in [1.807, 2.05) is 13.0 Å². The third-order valence-electron chi connectivity index (χ3n) is 6.59. The van der Waals surface area contributed by atoms with Crippen LogP contribution in [-0.2, 0) is 4.74 Å². The maximum atomic E-state index is 15.0. The van der Waals surface area contributed by atoms with E-state index in [1.54, 1.807) is 36.4 Å². The molecule has 0 aliphatic carbocycles. The average molecular weight is 469 g/mol. The van der Waals surface area contributed by atoms with E-state index >= 15 is 8.78 Å². The molecule has 0 bridgehead atoms. The second-order valence-corrected chi connectivity index (χ2v) is 8.88. The zero-order valence-electron chi connectivity index (χ0n) is 19.4. The predicted octanol–water partition coefficient (Wildman–Crippen LogP) is 8.71. The van der Waals surface area contributed by atoms with Crippen LogP contribution in [0.15, 0.2) is 60.7 Å². The number of ether oxygens (including phenoxy) is 1. The normalized spacial score (nSPS) is 18.5. The van der Waals surface area contributed by atoms with E-state index in [0.717, 1.165) is 19.3 Å². The van der Waals surface area contributed by atoms with Gasteiger partial charge in [-0.25, -0.2) is 17.6 Å². The van der Waals surface area contributed by atoms with Crippen LogP contribution in [0.1, 0.15) is 49.8 Å². The molecule has 1 nitrogen and oxygen atoms in total. The third kappa shape index (κ3) is 4.95. The molecular formula is C29H28F4O. The van der Waals surface area contributed by atoms with Gasteiger partial charge < -0.3 is 4.74 Å². The second-order valence-electron chi connectivity index (χ2n) is 8.88. The molecule has 2 unspecified atom stereocenters. The van der Waals surface area contributed by atoms with Crippen LogP contribution in [0.5, 0.6) is 0 Å². The number of allylic oxidation sites excluding steroid dienone is 2. The molecule has 1 fully saturated rings. The van der Waals surface area contributed by atoms with Crippen LogP contribution >= 0.6 is 0 Å². The lowest BCUT2D eigenvalue weighted by atomic mass is 9.90. The molecule has 0 aromatic heterocycles. The summed E-state index contributed by atoms with van der Waals surface area (Å²) in [6, 6.07) is 12.5. The molecule has 0 N–H and O–H groups in total. The fraction of sp³-hybridized carbons (Fsp3) is 0.310. The van der Waals surface area contributed by atoms with E-state index in [0.29, 0.717) is 30.1 Å². The van der Waals surface area contributed by atoms with Crippen molar-refractivity contribution in [1.82, 2.24) is 0 Å². The largest absolute Gasteiger partial charge is 0.373 e. The van der Waals surface area contributed by atoms with Crippen molar-refractivity contribution >= 4 is 0 Å². The molecule has 3 aromatic carbocycles. The Morgan fingerprint density at radius 2 is 1.41 bits per heavy atom. The first kappa shape index (κ1) is 24.2. The van der Waals surface area contributed by atoms with Crippen molar-refractivity contribution in [2.75, 3.05) is 6.61 Å². The SMILES string of the molecule is CC=CCCC1CCC(c2ccc(-c3ccc(-c4ccc(C)c(F)c4F)cc3)c(F)c2F)OC1. The third-order valence-corrected chi connectivity index (χ3v) is 6.59. The minimum absolute atomic E-state index is 0.114. The van der Waals surface area contributed by atoms with Crippen LogP contribution in [0, 0.1) is 36.1 Å². The summed E-state index contributed by atoms with van der Waals surface area (Å²) < 4.78 is 64.1. The van der Waals surface area contributed by atoms with Gasteiger partial charge in [0.25, 0.3) is 0 Å². The Hall–Kier alpha value is -2.92. The van der Waals surface area contributed by atoms with E-state index in [9.17, 15) is 8.78 Å². The molecule has 1 saturated heterocycles. The van der Waals surface area contributed by atoms with Gasteiger partial charge in [-0.1, -0.05) is 60.7 Å². The highest BCUT2D eigenvalue weighted by Crippen LogP contribution is 2.37. The maximum Gasteiger partial charge on any atom is 0.167 e. The summed E-state index contributed by atoms with van der Waals surface area (Å²) in [7, 11) is 0. The number of benzene rings is 3. The highest BCUT2D eigenvalue weighted by atomic mass is 19.2. The Morgan fingerprint density at radius 3 is 2.00 bits per heavy atom. The topological polar surface area (TPSA) is 9.23 Å². The van der Waals surface area contributed by atoms with Gasteiger partial charge in [0.05, 0.1) is 12.7 Å². The van der Waals surface area contributed by atoms with Gasteiger partial charge in [0.2, 0.25) is 0 Å². The molecule has 0 radical (unpaired) electrons. The van der Waals surface area contributed by atoms with Crippen molar-refractivity contribution in [3.05, 3.63) is 95.1 Å². The summed E-state index contributed by atoms with van der Waals surface area (Å²) in [5, 5.41) is 0. The van der Waals surface area contributed by atoms with Crippen LogP contribution in [0.2, 0.25) is 0 Å². The molecule has 2 atom stereocenters. The lowest BCUT2D eigenvalue weighted by molar-refractivity contribution is -0.0210. The first-order valence-corrected chi connectivity index (χ1v) is 11.7. The molecule has 1 aliphatic heterocycles. The van der Waals surface area contributed by atoms with Crippen molar-refractivity contribution in [2.45, 2.75) is 45.6 Å². The van der Waals surface area contributed by atoms with Crippen LogP contribution < -0.4 is 0 Å². The van der Waals surface area contributed by atoms with E-state index in [2.05, 4.69) is 6.08 Å². The predicted molar refractivity (Wildman–Crippen MR) is 127 cm³/mol. The Labute approximate surface area is 198 Å². The minimum atomic E-state index is -0.934. The Bertz CT molecular complexity index is 1180. The van der Waals surface area contributed by atoms with Gasteiger partial charge in [0, 0.05) is 16.7 Å². The number of aryl methyl sites for hydroxylation is 1.